The summed E-state index contributed by atoms with van der Waals surface area (Å²) in [5.74, 6) is 0.127. The summed E-state index contributed by atoms with van der Waals surface area (Å²) < 4.78 is 27.1. The summed E-state index contributed by atoms with van der Waals surface area (Å²) in [6, 6.07) is 6.37. The molecule has 0 aliphatic rings. The molecule has 1 rings (SSSR count). The number of anilines is 1. The Morgan fingerprint density at radius 3 is 2.19 bits per heavy atom. The van der Waals surface area contributed by atoms with Crippen LogP contribution in [0.4, 0.5) is 5.69 Å². The molecule has 0 amide bonds. The number of benzene rings is 1. The van der Waals surface area contributed by atoms with Gasteiger partial charge in [-0.15, -0.1) is 8.42 Å². The Labute approximate surface area is 118 Å². The van der Waals surface area contributed by atoms with Crippen LogP contribution in [0, 0.1) is 0 Å². The van der Waals surface area contributed by atoms with Gasteiger partial charge in [-0.05, 0) is 24.3 Å². The second kappa shape index (κ2) is 6.19. The van der Waals surface area contributed by atoms with E-state index in [-0.39, 0.29) is 36.7 Å². The van der Waals surface area contributed by atoms with Gasteiger partial charge in [0.2, 0.25) is 0 Å². The van der Waals surface area contributed by atoms with Gasteiger partial charge in [0, 0.05) is 19.8 Å². The molecule has 0 aromatic heterocycles. The topological polar surface area (TPSA) is 82.9 Å². The molecule has 84 valence electrons. The fraction of sp³-hybridized carbons (Fsp3) is 0.250. The average Bonchev–Trinajstić information content (AvgIpc) is 2.18. The van der Waals surface area contributed by atoms with Crippen LogP contribution in [-0.4, -0.2) is 22.5 Å². The summed E-state index contributed by atoms with van der Waals surface area (Å²) >= 11 is 0. The molecule has 1 N–H and O–H groups in total. The molecule has 0 spiro atoms. The second-order valence-corrected chi connectivity index (χ2v) is 4.27. The van der Waals surface area contributed by atoms with Crippen LogP contribution in [0.25, 0.3) is 5.53 Å². The maximum atomic E-state index is 10.8. The molecule has 1 aromatic rings. The van der Waals surface area contributed by atoms with Crippen molar-refractivity contribution >= 4 is 16.0 Å². The smallest absolute Gasteiger partial charge is 1.00 e. The van der Waals surface area contributed by atoms with Crippen LogP contribution in [0.5, 0.6) is 5.75 Å². The summed E-state index contributed by atoms with van der Waals surface area (Å²) in [4.78, 5) is 1.86. The zero-order valence-corrected chi connectivity index (χ0v) is 12.2. The Bertz CT molecular complexity index is 450. The average molecular weight is 253 g/mol. The molecule has 0 saturated carbocycles. The van der Waals surface area contributed by atoms with Crippen LogP contribution in [0.1, 0.15) is 1.43 Å². The normalized spacial score (nSPS) is 10.1. The van der Waals surface area contributed by atoms with Crippen molar-refractivity contribution in [3.05, 3.63) is 29.8 Å². The van der Waals surface area contributed by atoms with E-state index < -0.39 is 10.3 Å². The Hall–Kier alpha value is -0.630. The van der Waals surface area contributed by atoms with E-state index in [1.54, 1.807) is 12.1 Å². The largest absolute Gasteiger partial charge is 1.00 e. The molecule has 8 heteroatoms. The second-order valence-electron chi connectivity index (χ2n) is 3.02. The van der Waals surface area contributed by atoms with Gasteiger partial charge < -0.3 is 16.0 Å². The molecule has 0 fully saturated rings. The zero-order valence-electron chi connectivity index (χ0n) is 10.3. The van der Waals surface area contributed by atoms with Gasteiger partial charge in [0.05, 0.1) is 0 Å². The Morgan fingerprint density at radius 2 is 1.81 bits per heavy atom. The predicted molar refractivity (Wildman–Crippen MR) is 55.8 cm³/mol. The fourth-order valence-electron chi connectivity index (χ4n) is 0.945. The van der Waals surface area contributed by atoms with Gasteiger partial charge >= 0.3 is 39.9 Å². The molecular formula is C8H12N3NaO3S. The van der Waals surface area contributed by atoms with Crippen LogP contribution in [0.2, 0.25) is 0 Å². The van der Waals surface area contributed by atoms with Gasteiger partial charge in [-0.2, -0.15) is 4.52 Å². The Morgan fingerprint density at radius 1 is 1.31 bits per heavy atom. The molecule has 0 unspecified atom stereocenters. The molecule has 6 nitrogen and oxygen atoms in total. The first-order valence-corrected chi connectivity index (χ1v) is 5.48. The third kappa shape index (κ3) is 4.48. The summed E-state index contributed by atoms with van der Waals surface area (Å²) in [5, 5.41) is 0. The maximum absolute atomic E-state index is 10.8. The van der Waals surface area contributed by atoms with Crippen molar-refractivity contribution in [1.29, 1.82) is 0 Å². The molecule has 0 bridgehead atoms. The number of hydrogen-bond acceptors (Lipinski definition) is 4. The van der Waals surface area contributed by atoms with Crippen molar-refractivity contribution in [2.24, 2.45) is 0 Å². The molecule has 0 heterocycles. The van der Waals surface area contributed by atoms with E-state index in [0.29, 0.717) is 0 Å². The summed E-state index contributed by atoms with van der Waals surface area (Å²) in [6.07, 6.45) is 0. The van der Waals surface area contributed by atoms with Gasteiger partial charge in [-0.3, -0.25) is 0 Å². The van der Waals surface area contributed by atoms with Crippen molar-refractivity contribution in [2.45, 2.75) is 0 Å². The van der Waals surface area contributed by atoms with Gasteiger partial charge in [0.1, 0.15) is 5.75 Å². The molecule has 0 atom stereocenters. The minimum absolute atomic E-state index is 0. The van der Waals surface area contributed by atoms with Crippen LogP contribution >= 0.6 is 0 Å². The van der Waals surface area contributed by atoms with Gasteiger partial charge in [-0.1, -0.05) is 0 Å². The predicted octanol–water partition coefficient (Wildman–Crippen LogP) is -3.41. The minimum atomic E-state index is -4.11. The van der Waals surface area contributed by atoms with Crippen molar-refractivity contribution < 1.29 is 48.1 Å². The third-order valence-electron chi connectivity index (χ3n) is 1.67. The number of rotatable bonds is 4. The molecule has 0 aliphatic heterocycles. The summed E-state index contributed by atoms with van der Waals surface area (Å²) in [5.41, 5.74) is 9.14. The van der Waals surface area contributed by atoms with Crippen molar-refractivity contribution in [3.8, 4) is 5.75 Å². The molecule has 0 aliphatic carbocycles. The summed E-state index contributed by atoms with van der Waals surface area (Å²) in [7, 11) is -0.388. The molecule has 1 aromatic carbocycles. The van der Waals surface area contributed by atoms with E-state index in [1.807, 2.05) is 19.0 Å². The van der Waals surface area contributed by atoms with Crippen molar-refractivity contribution in [3.63, 3.8) is 0 Å². The van der Waals surface area contributed by atoms with Gasteiger partial charge in [-0.25, -0.2) is 0 Å². The van der Waals surface area contributed by atoms with Crippen molar-refractivity contribution in [1.82, 2.24) is 0 Å². The van der Waals surface area contributed by atoms with E-state index in [2.05, 4.69) is 4.18 Å². The SMILES string of the molecule is CN(C)c1ccc(OS(=O)(=O)[NH+]=[N-])cc1.[H-].[Na+]. The standard InChI is InChI=1S/C8H11N3O3S.Na.H/c1-11(2)7-3-5-8(6-4-7)14-15(12,13)10-9;;/h3-6,10H,1-2H3;;/q;+1;-1. The summed E-state index contributed by atoms with van der Waals surface area (Å²) in [6.45, 7) is 0. The molecule has 0 radical (unpaired) electrons. The number of nitrogens with one attached hydrogen (secondary N) is 1. The third-order valence-corrected chi connectivity index (χ3v) is 2.31. The first kappa shape index (κ1) is 15.4. The van der Waals surface area contributed by atoms with Crippen LogP contribution in [0.3, 0.4) is 0 Å². The van der Waals surface area contributed by atoms with Crippen LogP contribution in [-0.2, 0) is 10.3 Å². The quantitative estimate of drug-likeness (QED) is 0.448. The van der Waals surface area contributed by atoms with E-state index in [0.717, 1.165) is 10.2 Å². The van der Waals surface area contributed by atoms with Gasteiger partial charge in [0.25, 0.3) is 0 Å². The molecule has 0 saturated heterocycles. The van der Waals surface area contributed by atoms with E-state index >= 15 is 0 Å². The number of hydrogen-bond donors (Lipinski definition) is 1. The monoisotopic (exact) mass is 253 g/mol. The van der Waals surface area contributed by atoms with Crippen molar-refractivity contribution in [2.75, 3.05) is 19.0 Å². The molecule has 16 heavy (non-hydrogen) atoms. The first-order chi connectivity index (χ1) is 6.94. The van der Waals surface area contributed by atoms with Crippen LogP contribution in [0.15, 0.2) is 24.3 Å². The minimum Gasteiger partial charge on any atom is -1.00 e. The molecular weight excluding hydrogens is 241 g/mol. The Balaban J connectivity index is 0. The van der Waals surface area contributed by atoms with E-state index in [9.17, 15) is 8.42 Å². The fourth-order valence-corrected chi connectivity index (χ4v) is 1.35. The van der Waals surface area contributed by atoms with E-state index in [1.165, 1.54) is 12.1 Å². The Kier molecular flexibility index (Phi) is 5.95. The van der Waals surface area contributed by atoms with Crippen LogP contribution < -0.4 is 43.2 Å². The van der Waals surface area contributed by atoms with Gasteiger partial charge in [0.15, 0.2) is 0 Å². The number of nitrogens with zero attached hydrogens (tertiary/aromatic N) is 2. The van der Waals surface area contributed by atoms with E-state index in [4.69, 9.17) is 5.53 Å². The first-order valence-electron chi connectivity index (χ1n) is 4.07. The maximum Gasteiger partial charge on any atom is 1.00 e. The zero-order chi connectivity index (χ0) is 11.5.